The number of aryl methyl sites for hydroxylation is 2. The third kappa shape index (κ3) is 9.32. The van der Waals surface area contributed by atoms with E-state index in [9.17, 15) is 0 Å². The molecule has 4 aliphatic carbocycles. The van der Waals surface area contributed by atoms with Crippen LogP contribution in [0, 0.1) is 19.8 Å². The summed E-state index contributed by atoms with van der Waals surface area (Å²) in [6.45, 7) is 14.4. The molecule has 3 nitrogen and oxygen atoms in total. The molecule has 4 N–H and O–H groups in total. The summed E-state index contributed by atoms with van der Waals surface area (Å²) >= 11 is 0. The molecule has 0 aromatic heterocycles. The largest absolute Gasteiger partial charge is 0.399 e. The number of nitrogen functional groups attached to an aromatic ring is 1. The third-order valence-corrected chi connectivity index (χ3v) is 13.8. The normalized spacial score (nSPS) is 16.3. The quantitative estimate of drug-likeness (QED) is 0.0999. The van der Waals surface area contributed by atoms with E-state index in [1.165, 1.54) is 94.5 Å². The van der Waals surface area contributed by atoms with Gasteiger partial charge in [0.1, 0.15) is 0 Å². The molecule has 70 heavy (non-hydrogen) atoms. The van der Waals surface area contributed by atoms with Gasteiger partial charge in [0.2, 0.25) is 0 Å². The van der Waals surface area contributed by atoms with Gasteiger partial charge in [0.05, 0.1) is 0 Å². The summed E-state index contributed by atoms with van der Waals surface area (Å²) in [5, 5.41) is 10.2. The SMILES string of the molecule is C=C/C=C(\CCC)Nc1ccc2c3c(cccc13)-c1c-2c(-c2ccccc2)c2c(c1-c1ccccc1)C1CC=CC3=C(Nc4ccc(N)cc4)C=CC2C31.CC.Cc1ccccc1.Cc1ccccc1. The molecule has 8 aromatic carbocycles. The minimum absolute atomic E-state index is 0.241. The van der Waals surface area contributed by atoms with Crippen LogP contribution in [-0.4, -0.2) is 0 Å². The van der Waals surface area contributed by atoms with Gasteiger partial charge in [-0.3, -0.25) is 0 Å². The summed E-state index contributed by atoms with van der Waals surface area (Å²) in [7, 11) is 0. The van der Waals surface area contributed by atoms with Crippen LogP contribution in [0.25, 0.3) is 55.3 Å². The van der Waals surface area contributed by atoms with Gasteiger partial charge in [-0.05, 0) is 142 Å². The van der Waals surface area contributed by atoms with Gasteiger partial charge in [0, 0.05) is 45.7 Å². The molecular weight excluding hydrogens is 847 g/mol. The van der Waals surface area contributed by atoms with Crippen LogP contribution in [-0.2, 0) is 0 Å². The van der Waals surface area contributed by atoms with Crippen molar-refractivity contribution in [1.82, 2.24) is 0 Å². The first kappa shape index (κ1) is 47.2. The Labute approximate surface area is 416 Å². The van der Waals surface area contributed by atoms with Crippen LogP contribution in [0.5, 0.6) is 0 Å². The number of allylic oxidation sites excluding steroid dienone is 8. The van der Waals surface area contributed by atoms with E-state index in [-0.39, 0.29) is 5.92 Å². The lowest BCUT2D eigenvalue weighted by Gasteiger charge is -2.33. The Hall–Kier alpha value is -7.88. The average Bonchev–Trinajstić information content (AvgIpc) is 3.92. The number of fused-ring (bicyclic) bond motifs is 6. The monoisotopic (exact) mass is 912 g/mol. The zero-order valence-electron chi connectivity index (χ0n) is 41.3. The molecule has 0 radical (unpaired) electrons. The molecule has 0 amide bonds. The Kier molecular flexibility index (Phi) is 14.6. The van der Waals surface area contributed by atoms with Gasteiger partial charge < -0.3 is 16.4 Å². The Balaban J connectivity index is 0.000000326. The number of benzene rings is 8. The van der Waals surface area contributed by atoms with Gasteiger partial charge in [-0.2, -0.15) is 0 Å². The first-order chi connectivity index (χ1) is 34.4. The van der Waals surface area contributed by atoms with Crippen LogP contribution in [0.1, 0.15) is 74.1 Å². The predicted molar refractivity (Wildman–Crippen MR) is 303 cm³/mol. The summed E-state index contributed by atoms with van der Waals surface area (Å²) in [4.78, 5) is 0. The maximum Gasteiger partial charge on any atom is 0.0462 e. The number of nitrogens with two attached hydrogens (primary N) is 1. The lowest BCUT2D eigenvalue weighted by Crippen LogP contribution is -2.22. The fourth-order valence-electron chi connectivity index (χ4n) is 11.0. The number of anilines is 3. The summed E-state index contributed by atoms with van der Waals surface area (Å²) in [5.74, 6) is 0.904. The van der Waals surface area contributed by atoms with Crippen molar-refractivity contribution in [3.63, 3.8) is 0 Å². The minimum atomic E-state index is 0.241. The third-order valence-electron chi connectivity index (χ3n) is 13.8. The molecule has 4 aliphatic rings. The molecule has 0 aliphatic heterocycles. The van der Waals surface area contributed by atoms with E-state index in [2.05, 4.69) is 196 Å². The highest BCUT2D eigenvalue weighted by molar-refractivity contribution is 6.24. The lowest BCUT2D eigenvalue weighted by molar-refractivity contribution is 0.482. The van der Waals surface area contributed by atoms with E-state index in [4.69, 9.17) is 5.73 Å². The van der Waals surface area contributed by atoms with Crippen molar-refractivity contribution in [3.05, 3.63) is 258 Å². The maximum atomic E-state index is 6.05. The van der Waals surface area contributed by atoms with Gasteiger partial charge in [0.15, 0.2) is 0 Å². The Morgan fingerprint density at radius 1 is 0.629 bits per heavy atom. The topological polar surface area (TPSA) is 50.1 Å². The average molecular weight is 912 g/mol. The Bertz CT molecular complexity index is 3190. The lowest BCUT2D eigenvalue weighted by atomic mass is 9.72. The molecule has 3 atom stereocenters. The molecule has 0 heterocycles. The number of rotatable bonds is 9. The smallest absolute Gasteiger partial charge is 0.0462 e. The van der Waals surface area contributed by atoms with Crippen LogP contribution in [0.2, 0.25) is 0 Å². The fraction of sp³-hybridized carbons (Fsp3) is 0.164. The molecule has 3 unspecified atom stereocenters. The van der Waals surface area contributed by atoms with E-state index in [1.807, 2.05) is 68.5 Å². The maximum absolute atomic E-state index is 6.05. The van der Waals surface area contributed by atoms with Gasteiger partial charge in [0.25, 0.3) is 0 Å². The van der Waals surface area contributed by atoms with E-state index in [0.717, 1.165) is 36.3 Å². The number of hydrogen-bond acceptors (Lipinski definition) is 3. The zero-order chi connectivity index (χ0) is 48.6. The van der Waals surface area contributed by atoms with E-state index >= 15 is 0 Å². The van der Waals surface area contributed by atoms with Gasteiger partial charge in [-0.1, -0.05) is 215 Å². The first-order valence-corrected chi connectivity index (χ1v) is 25.2. The highest BCUT2D eigenvalue weighted by atomic mass is 14.9. The summed E-state index contributed by atoms with van der Waals surface area (Å²) in [6.07, 6.45) is 16.7. The number of hydrogen-bond donors (Lipinski definition) is 3. The van der Waals surface area contributed by atoms with E-state index < -0.39 is 0 Å². The van der Waals surface area contributed by atoms with Gasteiger partial charge in [-0.15, -0.1) is 0 Å². The molecule has 8 aromatic rings. The van der Waals surface area contributed by atoms with Crippen molar-refractivity contribution in [2.45, 2.75) is 65.7 Å². The highest BCUT2D eigenvalue weighted by Crippen LogP contribution is 2.66. The molecule has 0 spiro atoms. The highest BCUT2D eigenvalue weighted by Gasteiger charge is 2.49. The molecule has 0 saturated heterocycles. The van der Waals surface area contributed by atoms with Crippen LogP contribution in [0.15, 0.2) is 236 Å². The van der Waals surface area contributed by atoms with Gasteiger partial charge in [-0.25, -0.2) is 0 Å². The summed E-state index contributed by atoms with van der Waals surface area (Å²) < 4.78 is 0. The predicted octanol–water partition coefficient (Wildman–Crippen LogP) is 18.4. The van der Waals surface area contributed by atoms with Gasteiger partial charge >= 0.3 is 0 Å². The van der Waals surface area contributed by atoms with E-state index in [1.54, 1.807) is 0 Å². The van der Waals surface area contributed by atoms with Crippen molar-refractivity contribution < 1.29 is 0 Å². The molecule has 12 rings (SSSR count). The van der Waals surface area contributed by atoms with E-state index in [0.29, 0.717) is 11.8 Å². The summed E-state index contributed by atoms with van der Waals surface area (Å²) in [5.41, 5.74) is 29.1. The van der Waals surface area contributed by atoms with Crippen molar-refractivity contribution in [3.8, 4) is 44.5 Å². The van der Waals surface area contributed by atoms with Crippen LogP contribution in [0.3, 0.4) is 0 Å². The van der Waals surface area contributed by atoms with Crippen LogP contribution in [0.4, 0.5) is 17.1 Å². The van der Waals surface area contributed by atoms with Crippen molar-refractivity contribution in [2.24, 2.45) is 5.92 Å². The second-order valence-electron chi connectivity index (χ2n) is 18.3. The molecule has 3 heteroatoms. The second kappa shape index (κ2) is 21.6. The van der Waals surface area contributed by atoms with Crippen LogP contribution < -0.4 is 16.4 Å². The fourth-order valence-corrected chi connectivity index (χ4v) is 11.0. The standard InChI is InChI=1S/C51H43N3.2C7H8.C2H6/c1-3-13-34(14-4-2)53-42-29-27-40-46-36(42)19-11-21-38(46)48-44(31-15-7-5-8-16-31)49-39-22-12-20-37-43(54-35-25-23-33(52)24-26-35)30-28-41(47(37)39)51(49)45(50(40)48)32-17-9-6-10-18-32;2*1-7-5-3-2-4-6-7;1-2/h3,5-13,15-21,23-30,39,41,47,53-54H,1,4,14,22,52H2,2H3;2*2-6H,1H3;1-2H3/b34-13+;;;. The molecule has 0 fully saturated rings. The van der Waals surface area contributed by atoms with Crippen LogP contribution >= 0.6 is 0 Å². The van der Waals surface area contributed by atoms with Crippen molar-refractivity contribution in [2.75, 3.05) is 16.4 Å². The number of nitrogens with one attached hydrogen (secondary N) is 2. The molecular formula is C67H65N3. The summed E-state index contributed by atoms with van der Waals surface area (Å²) in [6, 6.07) is 62.6. The molecule has 0 saturated carbocycles. The second-order valence-corrected chi connectivity index (χ2v) is 18.3. The minimum Gasteiger partial charge on any atom is -0.399 e. The molecule has 0 bridgehead atoms. The van der Waals surface area contributed by atoms with Crippen molar-refractivity contribution >= 4 is 27.8 Å². The Morgan fingerprint density at radius 2 is 1.20 bits per heavy atom. The first-order valence-electron chi connectivity index (χ1n) is 25.2. The molecule has 348 valence electrons. The Morgan fingerprint density at radius 3 is 1.76 bits per heavy atom. The zero-order valence-corrected chi connectivity index (χ0v) is 41.3. The van der Waals surface area contributed by atoms with Crippen molar-refractivity contribution in [1.29, 1.82) is 0 Å².